The maximum absolute atomic E-state index is 12.6. The van der Waals surface area contributed by atoms with E-state index in [1.54, 1.807) is 0 Å². The summed E-state index contributed by atoms with van der Waals surface area (Å²) in [7, 11) is -2.98. The summed E-state index contributed by atoms with van der Waals surface area (Å²) < 4.78 is 24.4. The van der Waals surface area contributed by atoms with E-state index in [0.717, 1.165) is 23.1 Å². The lowest BCUT2D eigenvalue weighted by molar-refractivity contribution is -0.117. The van der Waals surface area contributed by atoms with Crippen LogP contribution in [0, 0.1) is 11.8 Å². The van der Waals surface area contributed by atoms with Gasteiger partial charge in [-0.25, -0.2) is 8.42 Å². The third-order valence-corrected chi connectivity index (χ3v) is 9.81. The maximum Gasteiger partial charge on any atom is 0.252 e. The number of nitrogens with zero attached hydrogens (tertiary/aromatic N) is 2. The Kier molecular flexibility index (Phi) is 4.35. The van der Waals surface area contributed by atoms with Crippen molar-refractivity contribution >= 4 is 32.7 Å². The van der Waals surface area contributed by atoms with Gasteiger partial charge in [-0.05, 0) is 36.7 Å². The first-order valence-corrected chi connectivity index (χ1v) is 12.5. The molecule has 5 rings (SSSR count). The fourth-order valence-electron chi connectivity index (χ4n) is 5.45. The zero-order valence-corrected chi connectivity index (χ0v) is 16.8. The Hall–Kier alpha value is -1.34. The van der Waals surface area contributed by atoms with Gasteiger partial charge in [0.2, 0.25) is 0 Å². The first-order chi connectivity index (χ1) is 13.0. The molecule has 0 radical (unpaired) electrons. The van der Waals surface area contributed by atoms with Crippen molar-refractivity contribution in [1.82, 2.24) is 4.90 Å². The first kappa shape index (κ1) is 17.7. The summed E-state index contributed by atoms with van der Waals surface area (Å²) >= 11 is 1.52. The quantitative estimate of drug-likeness (QED) is 0.774. The van der Waals surface area contributed by atoms with Crippen LogP contribution in [0.15, 0.2) is 35.3 Å². The molecule has 27 heavy (non-hydrogen) atoms. The maximum atomic E-state index is 12.6. The average molecular weight is 405 g/mol. The number of amidine groups is 1. The second-order valence-electron chi connectivity index (χ2n) is 8.40. The minimum Gasteiger partial charge on any atom is -0.343 e. The van der Waals surface area contributed by atoms with Gasteiger partial charge in [0.1, 0.15) is 0 Å². The number of hydrogen-bond acceptors (Lipinski definition) is 4. The summed E-state index contributed by atoms with van der Waals surface area (Å²) in [6.07, 6.45) is 5.20. The van der Waals surface area contributed by atoms with Crippen LogP contribution in [0.25, 0.3) is 0 Å². The van der Waals surface area contributed by atoms with E-state index < -0.39 is 9.84 Å². The summed E-state index contributed by atoms with van der Waals surface area (Å²) in [5.74, 6) is 1.69. The Morgan fingerprint density at radius 3 is 2.63 bits per heavy atom. The molecule has 1 amide bonds. The molecule has 1 aromatic rings. The van der Waals surface area contributed by atoms with Gasteiger partial charge in [0.15, 0.2) is 15.0 Å². The molecular formula is C20H24N2O3S2. The predicted molar refractivity (Wildman–Crippen MR) is 107 cm³/mol. The highest BCUT2D eigenvalue weighted by atomic mass is 32.2. The van der Waals surface area contributed by atoms with Crippen LogP contribution in [0.1, 0.15) is 31.2 Å². The molecule has 2 aliphatic heterocycles. The van der Waals surface area contributed by atoms with Crippen LogP contribution in [0.4, 0.5) is 0 Å². The molecule has 2 saturated heterocycles. The molecule has 0 N–H and O–H groups in total. The van der Waals surface area contributed by atoms with Gasteiger partial charge in [0, 0.05) is 11.3 Å². The number of sulfone groups is 1. The molecule has 5 nitrogen and oxygen atoms in total. The van der Waals surface area contributed by atoms with Gasteiger partial charge in [-0.2, -0.15) is 4.99 Å². The first-order valence-electron chi connectivity index (χ1n) is 9.79. The van der Waals surface area contributed by atoms with E-state index >= 15 is 0 Å². The molecule has 144 valence electrons. The van der Waals surface area contributed by atoms with Crippen LogP contribution in [0.3, 0.4) is 0 Å². The molecule has 0 unspecified atom stereocenters. The standard InChI is InChI=1S/C20H24N2O3S2/c23-19(10-13-4-2-1-3-5-13)21-20-22(16-9-14-6-7-15(16)8-14)17-11-27(24,25)12-18(17)26-20/h1-5,14-18H,6-12H2/t14-,15-,16-,17-,18+/m1/s1. The molecule has 4 fully saturated rings. The second kappa shape index (κ2) is 6.62. The fraction of sp³-hybridized carbons (Fsp3) is 0.600. The fourth-order valence-corrected chi connectivity index (χ4v) is 9.44. The highest BCUT2D eigenvalue weighted by Crippen LogP contribution is 2.51. The van der Waals surface area contributed by atoms with Gasteiger partial charge in [-0.15, -0.1) is 0 Å². The van der Waals surface area contributed by atoms with Crippen molar-refractivity contribution in [2.45, 2.75) is 49.4 Å². The van der Waals surface area contributed by atoms with Crippen LogP contribution in [0.2, 0.25) is 0 Å². The number of amides is 1. The third-order valence-electron chi connectivity index (χ3n) is 6.58. The summed E-state index contributed by atoms with van der Waals surface area (Å²) in [5, 5.41) is 0.802. The number of thioether (sulfide) groups is 1. The zero-order valence-electron chi connectivity index (χ0n) is 15.2. The predicted octanol–water partition coefficient (Wildman–Crippen LogP) is 2.51. The van der Waals surface area contributed by atoms with Crippen molar-refractivity contribution in [2.75, 3.05) is 11.5 Å². The van der Waals surface area contributed by atoms with Crippen molar-refractivity contribution in [2.24, 2.45) is 16.8 Å². The molecule has 5 atom stereocenters. The number of rotatable bonds is 3. The summed E-state index contributed by atoms with van der Waals surface area (Å²) in [4.78, 5) is 19.3. The van der Waals surface area contributed by atoms with Crippen LogP contribution >= 0.6 is 11.8 Å². The number of fused-ring (bicyclic) bond motifs is 3. The number of carbonyl (C=O) groups excluding carboxylic acids is 1. The van der Waals surface area contributed by atoms with Gasteiger partial charge >= 0.3 is 0 Å². The Morgan fingerprint density at radius 2 is 1.93 bits per heavy atom. The van der Waals surface area contributed by atoms with Crippen LogP contribution in [-0.4, -0.2) is 53.2 Å². The monoisotopic (exact) mass is 404 g/mol. The molecule has 4 aliphatic rings. The van der Waals surface area contributed by atoms with E-state index in [0.29, 0.717) is 18.4 Å². The second-order valence-corrected chi connectivity index (χ2v) is 11.8. The highest BCUT2D eigenvalue weighted by molar-refractivity contribution is 8.15. The van der Waals surface area contributed by atoms with E-state index in [-0.39, 0.29) is 28.7 Å². The Balaban J connectivity index is 1.41. The molecule has 2 aliphatic carbocycles. The normalized spacial score (nSPS) is 37.9. The summed E-state index contributed by atoms with van der Waals surface area (Å²) in [6, 6.07) is 10.0. The molecule has 0 aromatic heterocycles. The van der Waals surface area contributed by atoms with Gasteiger partial charge in [0.05, 0.1) is 24.0 Å². The van der Waals surface area contributed by atoms with E-state index in [1.807, 2.05) is 30.3 Å². The average Bonchev–Trinajstić information content (AvgIpc) is 3.35. The lowest BCUT2D eigenvalue weighted by atomic mass is 9.93. The molecule has 0 spiro atoms. The lowest BCUT2D eigenvalue weighted by Gasteiger charge is -2.36. The number of aliphatic imine (C=N–C) groups is 1. The molecule has 2 saturated carbocycles. The minimum atomic E-state index is -2.98. The van der Waals surface area contributed by atoms with Crippen LogP contribution < -0.4 is 0 Å². The molecule has 1 aromatic carbocycles. The van der Waals surface area contributed by atoms with Gasteiger partial charge in [0.25, 0.3) is 5.91 Å². The van der Waals surface area contributed by atoms with Crippen molar-refractivity contribution in [1.29, 1.82) is 0 Å². The number of carbonyl (C=O) groups is 1. The Labute approximate surface area is 164 Å². The largest absolute Gasteiger partial charge is 0.343 e. The van der Waals surface area contributed by atoms with Crippen molar-refractivity contribution in [3.8, 4) is 0 Å². The lowest BCUT2D eigenvalue weighted by Crippen LogP contribution is -2.47. The minimum absolute atomic E-state index is 0.00683. The van der Waals surface area contributed by atoms with E-state index in [9.17, 15) is 13.2 Å². The molecular weight excluding hydrogens is 380 g/mol. The molecule has 2 bridgehead atoms. The third kappa shape index (κ3) is 3.33. The van der Waals surface area contributed by atoms with E-state index in [4.69, 9.17) is 0 Å². The summed E-state index contributed by atoms with van der Waals surface area (Å²) in [5.41, 5.74) is 0.962. The smallest absolute Gasteiger partial charge is 0.252 e. The Morgan fingerprint density at radius 1 is 1.11 bits per heavy atom. The van der Waals surface area contributed by atoms with Crippen LogP contribution in [-0.2, 0) is 21.1 Å². The zero-order chi connectivity index (χ0) is 18.6. The van der Waals surface area contributed by atoms with Crippen molar-refractivity contribution < 1.29 is 13.2 Å². The van der Waals surface area contributed by atoms with Crippen LogP contribution in [0.5, 0.6) is 0 Å². The molecule has 2 heterocycles. The highest BCUT2D eigenvalue weighted by Gasteiger charge is 2.54. The van der Waals surface area contributed by atoms with Gasteiger partial charge in [-0.3, -0.25) is 4.79 Å². The van der Waals surface area contributed by atoms with E-state index in [2.05, 4.69) is 9.89 Å². The van der Waals surface area contributed by atoms with Crippen molar-refractivity contribution in [3.63, 3.8) is 0 Å². The van der Waals surface area contributed by atoms with Gasteiger partial charge in [-0.1, -0.05) is 48.5 Å². The summed E-state index contributed by atoms with van der Waals surface area (Å²) in [6.45, 7) is 0. The number of benzene rings is 1. The molecule has 7 heteroatoms. The Bertz CT molecular complexity index is 884. The SMILES string of the molecule is O=C(Cc1ccccc1)N=C1S[C@H]2CS(=O)(=O)C[C@H]2N1[C@@H]1C[C@@H]2CC[C@@H]1C2. The topological polar surface area (TPSA) is 66.8 Å². The van der Waals surface area contributed by atoms with Crippen molar-refractivity contribution in [3.05, 3.63) is 35.9 Å². The van der Waals surface area contributed by atoms with Gasteiger partial charge < -0.3 is 4.90 Å². The number of hydrogen-bond donors (Lipinski definition) is 0. The van der Waals surface area contributed by atoms with E-state index in [1.165, 1.54) is 31.0 Å².